The molecule has 0 atom stereocenters. The third kappa shape index (κ3) is 1.74. The highest BCUT2D eigenvalue weighted by atomic mass is 19.4. The molecule has 0 spiro atoms. The topological polar surface area (TPSA) is 33.1 Å². The Morgan fingerprint density at radius 1 is 1.12 bits per heavy atom. The maximum atomic E-state index is 12.7. The molecule has 1 aromatic carbocycles. The lowest BCUT2D eigenvalue weighted by atomic mass is 10.0. The lowest BCUT2D eigenvalue weighted by Gasteiger charge is -2.11. The van der Waals surface area contributed by atoms with E-state index in [0.717, 1.165) is 12.3 Å². The molecule has 0 radical (unpaired) electrons. The number of halogens is 3. The third-order valence-electron chi connectivity index (χ3n) is 2.36. The van der Waals surface area contributed by atoms with E-state index in [1.54, 1.807) is 0 Å². The summed E-state index contributed by atoms with van der Waals surface area (Å²) in [5.41, 5.74) is -0.337. The summed E-state index contributed by atoms with van der Waals surface area (Å²) in [6.45, 7) is -0.328. The van der Waals surface area contributed by atoms with E-state index in [9.17, 15) is 13.2 Å². The monoisotopic (exact) mass is 227 g/mol. The predicted octanol–water partition coefficient (Wildman–Crippen LogP) is 2.75. The second-order valence-electron chi connectivity index (χ2n) is 3.36. The first-order valence-electron chi connectivity index (χ1n) is 4.57. The Kier molecular flexibility index (Phi) is 2.55. The molecule has 0 amide bonds. The summed E-state index contributed by atoms with van der Waals surface area (Å²) in [6, 6.07) is 3.87. The number of aliphatic hydroxyl groups is 1. The predicted molar refractivity (Wildman–Crippen MR) is 52.7 cm³/mol. The average molecular weight is 227 g/mol. The fraction of sp³-hybridized carbons (Fsp3) is 0.182. The van der Waals surface area contributed by atoms with Crippen molar-refractivity contribution in [1.29, 1.82) is 0 Å². The number of hydrogen-bond acceptors (Lipinski definition) is 2. The van der Waals surface area contributed by atoms with Crippen molar-refractivity contribution in [2.24, 2.45) is 0 Å². The zero-order valence-corrected chi connectivity index (χ0v) is 8.12. The minimum atomic E-state index is -4.41. The molecular formula is C11H8F3NO. The van der Waals surface area contributed by atoms with E-state index in [-0.39, 0.29) is 12.0 Å². The van der Waals surface area contributed by atoms with Crippen LogP contribution >= 0.6 is 0 Å². The molecule has 0 saturated carbocycles. The van der Waals surface area contributed by atoms with Crippen molar-refractivity contribution in [1.82, 2.24) is 4.98 Å². The number of aliphatic hydroxyl groups excluding tert-OH is 1. The second-order valence-corrected chi connectivity index (χ2v) is 3.36. The molecular weight excluding hydrogens is 219 g/mol. The van der Waals surface area contributed by atoms with Gasteiger partial charge in [0.2, 0.25) is 0 Å². The first-order valence-corrected chi connectivity index (χ1v) is 4.57. The Morgan fingerprint density at radius 3 is 2.50 bits per heavy atom. The van der Waals surface area contributed by atoms with Crippen LogP contribution in [-0.4, -0.2) is 10.1 Å². The molecule has 84 valence electrons. The molecule has 2 rings (SSSR count). The van der Waals surface area contributed by atoms with Gasteiger partial charge in [0.05, 0.1) is 12.2 Å². The summed E-state index contributed by atoms with van der Waals surface area (Å²) in [5, 5.41) is 9.41. The van der Waals surface area contributed by atoms with E-state index < -0.39 is 11.7 Å². The number of fused-ring (bicyclic) bond motifs is 1. The van der Waals surface area contributed by atoms with Crippen LogP contribution in [0.3, 0.4) is 0 Å². The molecule has 0 aliphatic rings. The number of benzene rings is 1. The Hall–Kier alpha value is -1.62. The molecule has 0 unspecified atom stereocenters. The molecule has 1 aromatic heterocycles. The van der Waals surface area contributed by atoms with Gasteiger partial charge in [0.25, 0.3) is 0 Å². The summed E-state index contributed by atoms with van der Waals surface area (Å²) in [7, 11) is 0. The van der Waals surface area contributed by atoms with Crippen LogP contribution in [-0.2, 0) is 12.8 Å². The number of rotatable bonds is 1. The molecule has 1 N–H and O–H groups in total. The van der Waals surface area contributed by atoms with E-state index >= 15 is 0 Å². The van der Waals surface area contributed by atoms with Crippen LogP contribution in [0.2, 0.25) is 0 Å². The Bertz CT molecular complexity index is 522. The molecule has 0 bridgehead atoms. The zero-order chi connectivity index (χ0) is 11.8. The zero-order valence-electron chi connectivity index (χ0n) is 8.12. The highest BCUT2D eigenvalue weighted by Gasteiger charge is 2.32. The molecule has 0 fully saturated rings. The van der Waals surface area contributed by atoms with Crippen molar-refractivity contribution < 1.29 is 18.3 Å². The van der Waals surface area contributed by atoms with Crippen molar-refractivity contribution in [3.8, 4) is 0 Å². The van der Waals surface area contributed by atoms with Gasteiger partial charge in [-0.2, -0.15) is 13.2 Å². The largest absolute Gasteiger partial charge is 0.417 e. The van der Waals surface area contributed by atoms with Crippen LogP contribution in [0.5, 0.6) is 0 Å². The Morgan fingerprint density at radius 2 is 1.88 bits per heavy atom. The molecule has 0 aliphatic carbocycles. The van der Waals surface area contributed by atoms with E-state index in [2.05, 4.69) is 4.98 Å². The number of pyridine rings is 1. The van der Waals surface area contributed by atoms with Crippen LogP contribution in [0.25, 0.3) is 10.8 Å². The van der Waals surface area contributed by atoms with E-state index in [1.807, 2.05) is 0 Å². The molecule has 1 heterocycles. The van der Waals surface area contributed by atoms with Crippen molar-refractivity contribution in [3.05, 3.63) is 41.7 Å². The Balaban J connectivity index is 2.79. The highest BCUT2D eigenvalue weighted by molar-refractivity contribution is 5.88. The van der Waals surface area contributed by atoms with Crippen LogP contribution in [0.4, 0.5) is 13.2 Å². The molecule has 16 heavy (non-hydrogen) atoms. The van der Waals surface area contributed by atoms with Gasteiger partial charge in [0, 0.05) is 23.3 Å². The highest BCUT2D eigenvalue weighted by Crippen LogP contribution is 2.35. The number of nitrogens with zero attached hydrogens (tertiary/aromatic N) is 1. The van der Waals surface area contributed by atoms with Crippen LogP contribution in [0.15, 0.2) is 30.6 Å². The summed E-state index contributed by atoms with van der Waals surface area (Å²) in [5.74, 6) is 0. The van der Waals surface area contributed by atoms with E-state index in [0.29, 0.717) is 10.9 Å². The van der Waals surface area contributed by atoms with Crippen molar-refractivity contribution in [2.45, 2.75) is 12.8 Å². The maximum Gasteiger partial charge on any atom is 0.417 e. The molecule has 2 aromatic rings. The summed E-state index contributed by atoms with van der Waals surface area (Å²) >= 11 is 0. The maximum absolute atomic E-state index is 12.7. The van der Waals surface area contributed by atoms with Gasteiger partial charge in [-0.3, -0.25) is 4.98 Å². The minimum absolute atomic E-state index is 0.0153. The lowest BCUT2D eigenvalue weighted by Crippen LogP contribution is -2.06. The number of aromatic nitrogens is 1. The van der Waals surface area contributed by atoms with Gasteiger partial charge < -0.3 is 5.11 Å². The normalized spacial score (nSPS) is 12.0. The second kappa shape index (κ2) is 3.75. The summed E-state index contributed by atoms with van der Waals surface area (Å²) in [4.78, 5) is 3.70. The van der Waals surface area contributed by atoms with Crippen LogP contribution in [0.1, 0.15) is 11.1 Å². The number of alkyl halides is 3. The average Bonchev–Trinajstić information content (AvgIpc) is 2.26. The van der Waals surface area contributed by atoms with E-state index in [4.69, 9.17) is 5.11 Å². The van der Waals surface area contributed by atoms with Crippen LogP contribution < -0.4 is 0 Å². The standard InChI is InChI=1S/C11H8F3NO/c12-11(13,14)10-3-1-2-8-7(6-16)4-15-5-9(8)10/h1-5,16H,6H2. The quantitative estimate of drug-likeness (QED) is 0.812. The fourth-order valence-electron chi connectivity index (χ4n) is 1.63. The van der Waals surface area contributed by atoms with Gasteiger partial charge in [-0.15, -0.1) is 0 Å². The number of hydrogen-bond donors (Lipinski definition) is 1. The fourth-order valence-corrected chi connectivity index (χ4v) is 1.63. The van der Waals surface area contributed by atoms with Gasteiger partial charge in [-0.05, 0) is 11.5 Å². The molecule has 0 saturated heterocycles. The summed E-state index contributed by atoms with van der Waals surface area (Å²) < 4.78 is 38.0. The minimum Gasteiger partial charge on any atom is -0.392 e. The molecule has 2 nitrogen and oxygen atoms in total. The van der Waals surface area contributed by atoms with Crippen molar-refractivity contribution in [3.63, 3.8) is 0 Å². The third-order valence-corrected chi connectivity index (χ3v) is 2.36. The van der Waals surface area contributed by atoms with Crippen molar-refractivity contribution in [2.75, 3.05) is 0 Å². The lowest BCUT2D eigenvalue weighted by molar-refractivity contribution is -0.136. The van der Waals surface area contributed by atoms with Gasteiger partial charge in [0.15, 0.2) is 0 Å². The smallest absolute Gasteiger partial charge is 0.392 e. The molecule has 0 aliphatic heterocycles. The van der Waals surface area contributed by atoms with Crippen molar-refractivity contribution >= 4 is 10.8 Å². The van der Waals surface area contributed by atoms with Crippen LogP contribution in [0, 0.1) is 0 Å². The summed E-state index contributed by atoms with van der Waals surface area (Å²) in [6.07, 6.45) is -1.88. The SMILES string of the molecule is OCc1cncc2c(C(F)(F)F)cccc12. The van der Waals surface area contributed by atoms with Gasteiger partial charge in [-0.1, -0.05) is 12.1 Å². The first kappa shape index (κ1) is 10.9. The van der Waals surface area contributed by atoms with Gasteiger partial charge in [-0.25, -0.2) is 0 Å². The Labute approximate surface area is 89.4 Å². The first-order chi connectivity index (χ1) is 7.54. The van der Waals surface area contributed by atoms with E-state index in [1.165, 1.54) is 18.3 Å². The van der Waals surface area contributed by atoms with Gasteiger partial charge in [0.1, 0.15) is 0 Å². The molecule has 5 heteroatoms. The van der Waals surface area contributed by atoms with Gasteiger partial charge >= 0.3 is 6.18 Å².